The largest absolute Gasteiger partial charge is 0.360 e. The van der Waals surface area contributed by atoms with Crippen LogP contribution in [0.3, 0.4) is 0 Å². The zero-order chi connectivity index (χ0) is 33.2. The SMILES string of the molecule is CC1(c2ccccc2)c2ccccc2-c2cccc(-c3c4ccccc4c(C4=NC(c5ccccc5)Nc5ccccc54)c4ccccc34)c21. The van der Waals surface area contributed by atoms with Gasteiger partial charge < -0.3 is 5.32 Å². The minimum absolute atomic E-state index is 0.194. The van der Waals surface area contributed by atoms with Gasteiger partial charge in [0.2, 0.25) is 0 Å². The fourth-order valence-electron chi connectivity index (χ4n) is 8.74. The average molecular weight is 639 g/mol. The van der Waals surface area contributed by atoms with Gasteiger partial charge in [0.15, 0.2) is 0 Å². The van der Waals surface area contributed by atoms with Gasteiger partial charge in [-0.2, -0.15) is 0 Å². The maximum atomic E-state index is 5.52. The third-order valence-corrected chi connectivity index (χ3v) is 11.0. The van der Waals surface area contributed by atoms with Gasteiger partial charge in [-0.15, -0.1) is 0 Å². The predicted molar refractivity (Wildman–Crippen MR) is 209 cm³/mol. The van der Waals surface area contributed by atoms with E-state index < -0.39 is 0 Å². The third-order valence-electron chi connectivity index (χ3n) is 11.0. The van der Waals surface area contributed by atoms with Gasteiger partial charge in [0, 0.05) is 22.2 Å². The summed E-state index contributed by atoms with van der Waals surface area (Å²) in [7, 11) is 0. The molecular weight excluding hydrogens is 605 g/mol. The van der Waals surface area contributed by atoms with E-state index in [1.807, 2.05) is 0 Å². The predicted octanol–water partition coefficient (Wildman–Crippen LogP) is 12.0. The van der Waals surface area contributed by atoms with Crippen molar-refractivity contribution in [1.82, 2.24) is 0 Å². The molecule has 2 atom stereocenters. The average Bonchev–Trinajstić information content (AvgIpc) is 3.46. The van der Waals surface area contributed by atoms with Crippen LogP contribution in [0.5, 0.6) is 0 Å². The number of aliphatic imine (C=N–C) groups is 1. The second-order valence-corrected chi connectivity index (χ2v) is 13.6. The van der Waals surface area contributed by atoms with Crippen molar-refractivity contribution < 1.29 is 0 Å². The number of benzene rings is 8. The van der Waals surface area contributed by atoms with Crippen LogP contribution in [-0.4, -0.2) is 5.71 Å². The molecule has 236 valence electrons. The van der Waals surface area contributed by atoms with E-state index in [-0.39, 0.29) is 11.6 Å². The number of para-hydroxylation sites is 1. The second-order valence-electron chi connectivity index (χ2n) is 13.6. The van der Waals surface area contributed by atoms with E-state index >= 15 is 0 Å². The number of nitrogens with zero attached hydrogens (tertiary/aromatic N) is 1. The Balaban J connectivity index is 1.31. The van der Waals surface area contributed by atoms with Crippen molar-refractivity contribution in [2.24, 2.45) is 4.99 Å². The fourth-order valence-corrected chi connectivity index (χ4v) is 8.74. The number of fused-ring (bicyclic) bond motifs is 6. The number of hydrogen-bond donors (Lipinski definition) is 1. The Morgan fingerprint density at radius 3 is 1.68 bits per heavy atom. The molecule has 2 unspecified atom stereocenters. The van der Waals surface area contributed by atoms with Crippen LogP contribution in [0, 0.1) is 0 Å². The summed E-state index contributed by atoms with van der Waals surface area (Å²) >= 11 is 0. The summed E-state index contributed by atoms with van der Waals surface area (Å²) in [5.41, 5.74) is 14.4. The van der Waals surface area contributed by atoms with Crippen LogP contribution in [0.25, 0.3) is 43.8 Å². The van der Waals surface area contributed by atoms with Crippen LogP contribution in [0.15, 0.2) is 181 Å². The van der Waals surface area contributed by atoms with Gasteiger partial charge in [0.05, 0.1) is 5.71 Å². The Hall–Kier alpha value is -6.25. The molecule has 50 heavy (non-hydrogen) atoms. The van der Waals surface area contributed by atoms with Gasteiger partial charge in [-0.25, -0.2) is 0 Å². The maximum absolute atomic E-state index is 5.52. The van der Waals surface area contributed by atoms with Gasteiger partial charge in [0.25, 0.3) is 0 Å². The van der Waals surface area contributed by atoms with Crippen LogP contribution >= 0.6 is 0 Å². The highest BCUT2D eigenvalue weighted by Gasteiger charge is 2.43. The first-order valence-electron chi connectivity index (χ1n) is 17.4. The van der Waals surface area contributed by atoms with Gasteiger partial charge in [-0.05, 0) is 79.0 Å². The lowest BCUT2D eigenvalue weighted by molar-refractivity contribution is 0.716. The minimum Gasteiger partial charge on any atom is -0.360 e. The van der Waals surface area contributed by atoms with Crippen molar-refractivity contribution >= 4 is 32.9 Å². The lowest BCUT2D eigenvalue weighted by Gasteiger charge is -2.31. The molecule has 2 aliphatic rings. The summed E-state index contributed by atoms with van der Waals surface area (Å²) in [5.74, 6) is 0. The van der Waals surface area contributed by atoms with Crippen LogP contribution in [0.1, 0.15) is 46.5 Å². The van der Waals surface area contributed by atoms with E-state index in [1.165, 1.54) is 66.1 Å². The first-order chi connectivity index (χ1) is 24.7. The van der Waals surface area contributed by atoms with E-state index in [1.54, 1.807) is 0 Å². The highest BCUT2D eigenvalue weighted by molar-refractivity contribution is 6.31. The fraction of sp³-hybridized carbons (Fsp3) is 0.0625. The molecule has 10 rings (SSSR count). The molecule has 1 heterocycles. The standard InChI is InChI=1S/C48H34N2/c1-48(32-19-6-3-7-20-32)41-29-14-12-21-33(41)38-27-16-28-40(45(38)48)43-34-22-8-10-24-36(34)44(37-25-11-9-23-35(37)43)46-39-26-13-15-30-42(39)49-47(50-46)31-17-4-2-5-18-31/h2-30,47,49H,1H3. The zero-order valence-corrected chi connectivity index (χ0v) is 27.8. The Kier molecular flexibility index (Phi) is 6.41. The summed E-state index contributed by atoms with van der Waals surface area (Å²) in [6.45, 7) is 2.42. The van der Waals surface area contributed by atoms with E-state index in [9.17, 15) is 0 Å². The summed E-state index contributed by atoms with van der Waals surface area (Å²) in [6, 6.07) is 64.0. The molecule has 2 nitrogen and oxygen atoms in total. The topological polar surface area (TPSA) is 24.4 Å². The van der Waals surface area contributed by atoms with Crippen molar-refractivity contribution in [1.29, 1.82) is 0 Å². The second kappa shape index (κ2) is 11.1. The lowest BCUT2D eigenvalue weighted by atomic mass is 9.71. The van der Waals surface area contributed by atoms with E-state index in [0.717, 1.165) is 22.5 Å². The molecule has 0 aromatic heterocycles. The molecule has 0 amide bonds. The van der Waals surface area contributed by atoms with Crippen molar-refractivity contribution in [2.75, 3.05) is 5.32 Å². The molecule has 1 aliphatic carbocycles. The molecular formula is C48H34N2. The molecule has 0 saturated carbocycles. The highest BCUT2D eigenvalue weighted by atomic mass is 15.1. The summed E-state index contributed by atoms with van der Waals surface area (Å²) in [4.78, 5) is 5.52. The zero-order valence-electron chi connectivity index (χ0n) is 27.8. The number of rotatable bonds is 4. The Morgan fingerprint density at radius 1 is 0.460 bits per heavy atom. The van der Waals surface area contributed by atoms with Gasteiger partial charge in [0.1, 0.15) is 6.17 Å². The quantitative estimate of drug-likeness (QED) is 0.191. The Bertz CT molecular complexity index is 2580. The van der Waals surface area contributed by atoms with Crippen LogP contribution in [-0.2, 0) is 5.41 Å². The highest BCUT2D eigenvalue weighted by Crippen LogP contribution is 2.56. The summed E-state index contributed by atoms with van der Waals surface area (Å²) in [5, 5.41) is 8.60. The van der Waals surface area contributed by atoms with E-state index in [0.29, 0.717) is 0 Å². The lowest BCUT2D eigenvalue weighted by Crippen LogP contribution is -2.23. The Labute approximate surface area is 292 Å². The molecule has 0 fully saturated rings. The summed E-state index contributed by atoms with van der Waals surface area (Å²) < 4.78 is 0. The van der Waals surface area contributed by atoms with Gasteiger partial charge in [-0.3, -0.25) is 4.99 Å². The van der Waals surface area contributed by atoms with Gasteiger partial charge >= 0.3 is 0 Å². The smallest absolute Gasteiger partial charge is 0.145 e. The number of anilines is 1. The molecule has 1 N–H and O–H groups in total. The normalized spacial score (nSPS) is 17.5. The molecule has 8 aromatic rings. The van der Waals surface area contributed by atoms with Crippen molar-refractivity contribution in [3.63, 3.8) is 0 Å². The van der Waals surface area contributed by atoms with Crippen LogP contribution in [0.2, 0.25) is 0 Å². The van der Waals surface area contributed by atoms with Crippen molar-refractivity contribution in [2.45, 2.75) is 18.5 Å². The monoisotopic (exact) mass is 638 g/mol. The van der Waals surface area contributed by atoms with E-state index in [2.05, 4.69) is 188 Å². The van der Waals surface area contributed by atoms with Gasteiger partial charge in [-0.1, -0.05) is 170 Å². The number of nitrogens with one attached hydrogen (secondary N) is 1. The maximum Gasteiger partial charge on any atom is 0.145 e. The molecule has 2 heteroatoms. The van der Waals surface area contributed by atoms with Crippen LogP contribution in [0.4, 0.5) is 5.69 Å². The first kappa shape index (κ1) is 28.7. The Morgan fingerprint density at radius 2 is 0.980 bits per heavy atom. The molecule has 8 aromatic carbocycles. The first-order valence-corrected chi connectivity index (χ1v) is 17.4. The molecule has 0 spiro atoms. The number of hydrogen-bond acceptors (Lipinski definition) is 2. The summed E-state index contributed by atoms with van der Waals surface area (Å²) in [6.07, 6.45) is -0.194. The molecule has 1 aliphatic heterocycles. The third kappa shape index (κ3) is 4.12. The molecule has 0 bridgehead atoms. The molecule has 0 radical (unpaired) electrons. The van der Waals surface area contributed by atoms with Crippen LogP contribution < -0.4 is 5.32 Å². The molecule has 0 saturated heterocycles. The van der Waals surface area contributed by atoms with E-state index in [4.69, 9.17) is 4.99 Å². The van der Waals surface area contributed by atoms with Crippen molar-refractivity contribution in [3.05, 3.63) is 209 Å². The van der Waals surface area contributed by atoms with Crippen molar-refractivity contribution in [3.8, 4) is 22.3 Å². The minimum atomic E-state index is -0.328.